The maximum absolute atomic E-state index is 11.7. The standard InChI is InChI=1S/C12H15NO3S/c1-15-9-7-5-4-6-8(9)10-11(16-2)12(14)13(10)17-3/h4-7,10-11H,1-3H3/t10-,11+/m0/s1. The number of benzene rings is 1. The molecule has 2 atom stereocenters. The molecule has 1 fully saturated rings. The summed E-state index contributed by atoms with van der Waals surface area (Å²) in [6.45, 7) is 0. The van der Waals surface area contributed by atoms with E-state index in [1.54, 1.807) is 18.5 Å². The molecule has 1 aliphatic rings. The number of carbonyl (C=O) groups excluding carboxylic acids is 1. The molecule has 1 aromatic carbocycles. The topological polar surface area (TPSA) is 38.8 Å². The average molecular weight is 253 g/mol. The van der Waals surface area contributed by atoms with Crippen molar-refractivity contribution in [3.05, 3.63) is 29.8 Å². The molecule has 0 aliphatic carbocycles. The Kier molecular flexibility index (Phi) is 3.59. The number of ether oxygens (including phenoxy) is 2. The Bertz CT molecular complexity index is 410. The third-order valence-corrected chi connectivity index (χ3v) is 3.71. The van der Waals surface area contributed by atoms with Gasteiger partial charge in [-0.05, 0) is 6.07 Å². The van der Waals surface area contributed by atoms with Crippen molar-refractivity contribution in [2.75, 3.05) is 20.5 Å². The van der Waals surface area contributed by atoms with E-state index in [2.05, 4.69) is 0 Å². The fourth-order valence-corrected chi connectivity index (χ4v) is 2.81. The summed E-state index contributed by atoms with van der Waals surface area (Å²) in [4.78, 5) is 11.7. The first-order chi connectivity index (χ1) is 8.24. The predicted molar refractivity (Wildman–Crippen MR) is 66.9 cm³/mol. The van der Waals surface area contributed by atoms with Gasteiger partial charge in [-0.15, -0.1) is 0 Å². The number of para-hydroxylation sites is 1. The van der Waals surface area contributed by atoms with Crippen molar-refractivity contribution in [1.82, 2.24) is 4.31 Å². The summed E-state index contributed by atoms with van der Waals surface area (Å²) >= 11 is 1.41. The molecule has 0 radical (unpaired) electrons. The smallest absolute Gasteiger partial charge is 0.264 e. The zero-order valence-electron chi connectivity index (χ0n) is 10.0. The molecule has 0 saturated carbocycles. The Labute approximate surface area is 105 Å². The first kappa shape index (κ1) is 12.3. The lowest BCUT2D eigenvalue weighted by Gasteiger charge is -2.44. The van der Waals surface area contributed by atoms with Crippen molar-refractivity contribution in [1.29, 1.82) is 0 Å². The van der Waals surface area contributed by atoms with E-state index in [0.717, 1.165) is 11.3 Å². The molecular formula is C12H15NO3S. The second kappa shape index (κ2) is 4.98. The largest absolute Gasteiger partial charge is 0.496 e. The van der Waals surface area contributed by atoms with Gasteiger partial charge in [0.2, 0.25) is 0 Å². The van der Waals surface area contributed by atoms with E-state index in [1.807, 2.05) is 30.5 Å². The summed E-state index contributed by atoms with van der Waals surface area (Å²) in [6.07, 6.45) is 1.48. The molecule has 0 bridgehead atoms. The van der Waals surface area contributed by atoms with Gasteiger partial charge in [-0.2, -0.15) is 0 Å². The molecular weight excluding hydrogens is 238 g/mol. The van der Waals surface area contributed by atoms with E-state index in [-0.39, 0.29) is 11.9 Å². The van der Waals surface area contributed by atoms with Crippen LogP contribution < -0.4 is 4.74 Å². The van der Waals surface area contributed by atoms with Crippen molar-refractivity contribution in [2.45, 2.75) is 12.1 Å². The normalized spacial score (nSPS) is 23.5. The molecule has 2 rings (SSSR count). The molecule has 1 saturated heterocycles. The van der Waals surface area contributed by atoms with E-state index in [4.69, 9.17) is 9.47 Å². The fourth-order valence-electron chi connectivity index (χ4n) is 2.07. The first-order valence-corrected chi connectivity index (χ1v) is 6.45. The van der Waals surface area contributed by atoms with Crippen LogP contribution in [0.3, 0.4) is 0 Å². The Hall–Kier alpha value is -1.20. The minimum Gasteiger partial charge on any atom is -0.496 e. The number of amides is 1. The molecule has 0 N–H and O–H groups in total. The van der Waals surface area contributed by atoms with E-state index < -0.39 is 6.10 Å². The van der Waals surface area contributed by atoms with Gasteiger partial charge in [0.05, 0.1) is 7.11 Å². The number of nitrogens with zero attached hydrogens (tertiary/aromatic N) is 1. The number of carbonyl (C=O) groups is 1. The minimum atomic E-state index is -0.404. The number of hydrogen-bond donors (Lipinski definition) is 0. The zero-order chi connectivity index (χ0) is 12.4. The van der Waals surface area contributed by atoms with Crippen LogP contribution in [0.25, 0.3) is 0 Å². The molecule has 0 unspecified atom stereocenters. The van der Waals surface area contributed by atoms with Crippen molar-refractivity contribution in [3.63, 3.8) is 0 Å². The number of β-lactam (4-membered cyclic amide) rings is 1. The molecule has 5 heteroatoms. The van der Waals surface area contributed by atoms with E-state index >= 15 is 0 Å². The van der Waals surface area contributed by atoms with Crippen LogP contribution in [0.4, 0.5) is 0 Å². The molecule has 92 valence electrons. The second-order valence-electron chi connectivity index (χ2n) is 3.69. The maximum atomic E-state index is 11.7. The van der Waals surface area contributed by atoms with E-state index in [9.17, 15) is 4.79 Å². The van der Waals surface area contributed by atoms with Crippen molar-refractivity contribution >= 4 is 17.9 Å². The zero-order valence-corrected chi connectivity index (χ0v) is 10.9. The van der Waals surface area contributed by atoms with Gasteiger partial charge < -0.3 is 9.47 Å². The molecule has 4 nitrogen and oxygen atoms in total. The summed E-state index contributed by atoms with van der Waals surface area (Å²) in [6, 6.07) is 7.63. The predicted octanol–water partition coefficient (Wildman–Crippen LogP) is 1.87. The Balaban J connectivity index is 2.34. The summed E-state index contributed by atoms with van der Waals surface area (Å²) in [7, 11) is 3.19. The average Bonchev–Trinajstić information content (AvgIpc) is 2.37. The highest BCUT2D eigenvalue weighted by molar-refractivity contribution is 7.96. The minimum absolute atomic E-state index is 0.0101. The lowest BCUT2D eigenvalue weighted by molar-refractivity contribution is -0.158. The third-order valence-electron chi connectivity index (χ3n) is 2.91. The number of methoxy groups -OCH3 is 2. The molecule has 1 aliphatic heterocycles. The summed E-state index contributed by atoms with van der Waals surface area (Å²) < 4.78 is 12.3. The number of rotatable bonds is 4. The highest BCUT2D eigenvalue weighted by Gasteiger charge is 2.49. The highest BCUT2D eigenvalue weighted by Crippen LogP contribution is 2.43. The van der Waals surface area contributed by atoms with Gasteiger partial charge >= 0.3 is 0 Å². The summed E-state index contributed by atoms with van der Waals surface area (Å²) in [5, 5.41) is 0. The summed E-state index contributed by atoms with van der Waals surface area (Å²) in [5.74, 6) is 0.794. The lowest BCUT2D eigenvalue weighted by atomic mass is 9.93. The lowest BCUT2D eigenvalue weighted by Crippen LogP contribution is -2.56. The fraction of sp³-hybridized carbons (Fsp3) is 0.417. The second-order valence-corrected chi connectivity index (χ2v) is 4.45. The first-order valence-electron chi connectivity index (χ1n) is 5.27. The molecule has 1 heterocycles. The molecule has 0 aromatic heterocycles. The van der Waals surface area contributed by atoms with E-state index in [1.165, 1.54) is 11.9 Å². The molecule has 1 aromatic rings. The Morgan fingerprint density at radius 2 is 2.00 bits per heavy atom. The van der Waals surface area contributed by atoms with Gasteiger partial charge in [0, 0.05) is 18.9 Å². The molecule has 17 heavy (non-hydrogen) atoms. The maximum Gasteiger partial charge on any atom is 0.264 e. The SMILES string of the molecule is COc1ccccc1[C@H]1[C@@H](OC)C(=O)N1SC. The van der Waals surface area contributed by atoms with Crippen LogP contribution in [-0.4, -0.2) is 36.8 Å². The summed E-state index contributed by atoms with van der Waals surface area (Å²) in [5.41, 5.74) is 0.982. The van der Waals surface area contributed by atoms with Crippen molar-refractivity contribution < 1.29 is 14.3 Å². The van der Waals surface area contributed by atoms with Crippen LogP contribution in [-0.2, 0) is 9.53 Å². The van der Waals surface area contributed by atoms with Crippen LogP contribution in [0.2, 0.25) is 0 Å². The van der Waals surface area contributed by atoms with Crippen LogP contribution in [0.5, 0.6) is 5.75 Å². The monoisotopic (exact) mass is 253 g/mol. The van der Waals surface area contributed by atoms with Crippen molar-refractivity contribution in [3.8, 4) is 5.75 Å². The van der Waals surface area contributed by atoms with Crippen LogP contribution in [0.15, 0.2) is 24.3 Å². The molecule has 1 amide bonds. The van der Waals surface area contributed by atoms with Crippen LogP contribution >= 0.6 is 11.9 Å². The van der Waals surface area contributed by atoms with Gasteiger partial charge in [-0.1, -0.05) is 30.1 Å². The quantitative estimate of drug-likeness (QED) is 0.606. The van der Waals surface area contributed by atoms with Gasteiger partial charge in [0.15, 0.2) is 6.10 Å². The van der Waals surface area contributed by atoms with E-state index in [0.29, 0.717) is 0 Å². The van der Waals surface area contributed by atoms with Gasteiger partial charge in [0.25, 0.3) is 5.91 Å². The third kappa shape index (κ3) is 1.89. The Morgan fingerprint density at radius 3 is 2.59 bits per heavy atom. The highest BCUT2D eigenvalue weighted by atomic mass is 32.2. The van der Waals surface area contributed by atoms with Crippen molar-refractivity contribution in [2.24, 2.45) is 0 Å². The van der Waals surface area contributed by atoms with Gasteiger partial charge in [0.1, 0.15) is 11.8 Å². The van der Waals surface area contributed by atoms with Crippen LogP contribution in [0, 0.1) is 0 Å². The Morgan fingerprint density at radius 1 is 1.29 bits per heavy atom. The van der Waals surface area contributed by atoms with Gasteiger partial charge in [-0.3, -0.25) is 9.10 Å². The van der Waals surface area contributed by atoms with Crippen LogP contribution in [0.1, 0.15) is 11.6 Å². The van der Waals surface area contributed by atoms with Gasteiger partial charge in [-0.25, -0.2) is 0 Å². The number of hydrogen-bond acceptors (Lipinski definition) is 4. The molecule has 0 spiro atoms.